The van der Waals surface area contributed by atoms with Gasteiger partial charge < -0.3 is 15.5 Å². The minimum absolute atomic E-state index is 0.00516. The number of aromatic nitrogens is 1. The highest BCUT2D eigenvalue weighted by Crippen LogP contribution is 2.20. The summed E-state index contributed by atoms with van der Waals surface area (Å²) in [7, 11) is 0. The van der Waals surface area contributed by atoms with Gasteiger partial charge in [-0.1, -0.05) is 0 Å². The van der Waals surface area contributed by atoms with E-state index in [1.54, 1.807) is 0 Å². The van der Waals surface area contributed by atoms with Crippen molar-refractivity contribution in [1.82, 2.24) is 4.98 Å². The summed E-state index contributed by atoms with van der Waals surface area (Å²) < 4.78 is 0.561. The van der Waals surface area contributed by atoms with Gasteiger partial charge in [0.05, 0.1) is 16.6 Å². The molecular weight excluding hydrogens is 252 g/mol. The molecule has 0 fully saturated rings. The molecule has 3 N–H and O–H groups in total. The Hall–Kier alpha value is -1.14. The molecule has 0 aliphatic rings. The highest BCUT2D eigenvalue weighted by Gasteiger charge is 2.07. The molecule has 1 rings (SSSR count). The molecule has 76 valence electrons. The number of aliphatic hydroxyl groups is 1. The van der Waals surface area contributed by atoms with Crippen LogP contribution in [-0.4, -0.2) is 34.3 Å². The molecule has 0 radical (unpaired) electrons. The van der Waals surface area contributed by atoms with Crippen molar-refractivity contribution in [2.24, 2.45) is 0 Å². The Kier molecular flexibility index (Phi) is 3.84. The van der Waals surface area contributed by atoms with Crippen molar-refractivity contribution >= 4 is 27.7 Å². The molecule has 0 aliphatic carbocycles. The van der Waals surface area contributed by atoms with Gasteiger partial charge in [-0.15, -0.1) is 0 Å². The maximum Gasteiger partial charge on any atom is 0.337 e. The molecule has 0 atom stereocenters. The third-order valence-electron chi connectivity index (χ3n) is 1.49. The lowest BCUT2D eigenvalue weighted by molar-refractivity contribution is 0.0696. The predicted octanol–water partition coefficient (Wildman–Crippen LogP) is 0.946. The van der Waals surface area contributed by atoms with Crippen molar-refractivity contribution < 1.29 is 15.0 Å². The molecule has 0 spiro atoms. The fourth-order valence-electron chi connectivity index (χ4n) is 0.859. The predicted molar refractivity (Wildman–Crippen MR) is 54.5 cm³/mol. The van der Waals surface area contributed by atoms with E-state index in [1.165, 1.54) is 12.3 Å². The number of nitrogens with zero attached hydrogens (tertiary/aromatic N) is 1. The highest BCUT2D eigenvalue weighted by molar-refractivity contribution is 9.10. The van der Waals surface area contributed by atoms with E-state index in [2.05, 4.69) is 26.2 Å². The van der Waals surface area contributed by atoms with Gasteiger partial charge in [-0.05, 0) is 22.0 Å². The average Bonchev–Trinajstić information content (AvgIpc) is 2.15. The lowest BCUT2D eigenvalue weighted by Crippen LogP contribution is -2.08. The Labute approximate surface area is 88.9 Å². The second-order valence-corrected chi connectivity index (χ2v) is 3.36. The molecule has 0 saturated carbocycles. The Morgan fingerprint density at radius 1 is 1.64 bits per heavy atom. The Bertz CT molecular complexity index is 343. The summed E-state index contributed by atoms with van der Waals surface area (Å²) in [6.07, 6.45) is 1.26. The van der Waals surface area contributed by atoms with Gasteiger partial charge in [0.2, 0.25) is 0 Å². The summed E-state index contributed by atoms with van der Waals surface area (Å²) in [5.74, 6) is -0.504. The molecule has 0 aromatic carbocycles. The number of rotatable bonds is 4. The molecule has 1 aromatic heterocycles. The van der Waals surface area contributed by atoms with Crippen molar-refractivity contribution in [3.8, 4) is 0 Å². The molecular formula is C8H9BrN2O3. The number of halogens is 1. The first kappa shape index (κ1) is 10.9. The van der Waals surface area contributed by atoms with Gasteiger partial charge in [0.15, 0.2) is 0 Å². The van der Waals surface area contributed by atoms with E-state index in [4.69, 9.17) is 10.2 Å². The van der Waals surface area contributed by atoms with Gasteiger partial charge in [-0.3, -0.25) is 0 Å². The third-order valence-corrected chi connectivity index (χ3v) is 2.10. The van der Waals surface area contributed by atoms with Crippen LogP contribution in [0.25, 0.3) is 0 Å². The normalized spacial score (nSPS) is 9.86. The quantitative estimate of drug-likeness (QED) is 0.751. The minimum atomic E-state index is -1.02. The van der Waals surface area contributed by atoms with E-state index >= 15 is 0 Å². The van der Waals surface area contributed by atoms with Gasteiger partial charge in [0, 0.05) is 12.7 Å². The smallest absolute Gasteiger partial charge is 0.337 e. The van der Waals surface area contributed by atoms with Crippen LogP contribution in [-0.2, 0) is 0 Å². The van der Waals surface area contributed by atoms with Gasteiger partial charge in [0.1, 0.15) is 5.82 Å². The van der Waals surface area contributed by atoms with Crippen molar-refractivity contribution in [1.29, 1.82) is 0 Å². The van der Waals surface area contributed by atoms with E-state index in [0.29, 0.717) is 16.8 Å². The first-order chi connectivity index (χ1) is 6.65. The number of pyridine rings is 1. The van der Waals surface area contributed by atoms with Crippen molar-refractivity contribution in [2.75, 3.05) is 18.5 Å². The molecule has 6 heteroatoms. The molecule has 5 nitrogen and oxygen atoms in total. The molecule has 0 bridgehead atoms. The van der Waals surface area contributed by atoms with Crippen LogP contribution in [0.15, 0.2) is 16.7 Å². The van der Waals surface area contributed by atoms with Crippen LogP contribution in [0.4, 0.5) is 5.82 Å². The molecule has 1 aromatic rings. The summed E-state index contributed by atoms with van der Waals surface area (Å²) in [6.45, 7) is 0.368. The first-order valence-electron chi connectivity index (χ1n) is 3.88. The summed E-state index contributed by atoms with van der Waals surface area (Å²) in [5.41, 5.74) is 0.117. The third kappa shape index (κ3) is 2.68. The minimum Gasteiger partial charge on any atom is -0.478 e. The molecule has 14 heavy (non-hydrogen) atoms. The fraction of sp³-hybridized carbons (Fsp3) is 0.250. The SMILES string of the molecule is O=C(O)c1cnc(NCCO)c(Br)c1. The van der Waals surface area contributed by atoms with E-state index in [1.807, 2.05) is 0 Å². The topological polar surface area (TPSA) is 82.5 Å². The highest BCUT2D eigenvalue weighted by atomic mass is 79.9. The number of anilines is 1. The maximum atomic E-state index is 10.6. The van der Waals surface area contributed by atoms with E-state index in [9.17, 15) is 4.79 Å². The molecule has 0 aliphatic heterocycles. The molecule has 1 heterocycles. The average molecular weight is 261 g/mol. The van der Waals surface area contributed by atoms with Crippen LogP contribution >= 0.6 is 15.9 Å². The molecule has 0 saturated heterocycles. The van der Waals surface area contributed by atoms with Gasteiger partial charge in [0.25, 0.3) is 0 Å². The van der Waals surface area contributed by atoms with Gasteiger partial charge in [-0.2, -0.15) is 0 Å². The lowest BCUT2D eigenvalue weighted by Gasteiger charge is -2.05. The van der Waals surface area contributed by atoms with E-state index < -0.39 is 5.97 Å². The standard InChI is InChI=1S/C8H9BrN2O3/c9-6-3-5(8(13)14)4-11-7(6)10-1-2-12/h3-4,12H,1-2H2,(H,10,11)(H,13,14). The summed E-state index contributed by atoms with van der Waals surface area (Å²) >= 11 is 3.18. The van der Waals surface area contributed by atoms with Gasteiger partial charge >= 0.3 is 5.97 Å². The van der Waals surface area contributed by atoms with Crippen molar-refractivity contribution in [3.05, 3.63) is 22.3 Å². The molecule has 0 unspecified atom stereocenters. The number of aromatic carboxylic acids is 1. The second kappa shape index (κ2) is 4.92. The lowest BCUT2D eigenvalue weighted by atomic mass is 10.3. The first-order valence-corrected chi connectivity index (χ1v) is 4.68. The fourth-order valence-corrected chi connectivity index (χ4v) is 1.35. The van der Waals surface area contributed by atoms with Crippen molar-refractivity contribution in [2.45, 2.75) is 0 Å². The number of carbonyl (C=O) groups is 1. The van der Waals surface area contributed by atoms with Crippen molar-refractivity contribution in [3.63, 3.8) is 0 Å². The zero-order chi connectivity index (χ0) is 10.6. The molecule has 0 amide bonds. The maximum absolute atomic E-state index is 10.6. The summed E-state index contributed by atoms with van der Waals surface area (Å²) in [5, 5.41) is 20.0. The number of aliphatic hydroxyl groups excluding tert-OH is 1. The van der Waals surface area contributed by atoms with Crippen LogP contribution in [0.2, 0.25) is 0 Å². The number of hydrogen-bond donors (Lipinski definition) is 3. The van der Waals surface area contributed by atoms with Crippen LogP contribution in [0, 0.1) is 0 Å². The van der Waals surface area contributed by atoms with Gasteiger partial charge in [-0.25, -0.2) is 9.78 Å². The van der Waals surface area contributed by atoms with Crippen LogP contribution in [0.3, 0.4) is 0 Å². The van der Waals surface area contributed by atoms with Crippen LogP contribution in [0.5, 0.6) is 0 Å². The summed E-state index contributed by atoms with van der Waals surface area (Å²) in [4.78, 5) is 14.4. The summed E-state index contributed by atoms with van der Waals surface area (Å²) in [6, 6.07) is 1.45. The monoisotopic (exact) mass is 260 g/mol. The Morgan fingerprint density at radius 2 is 2.36 bits per heavy atom. The Morgan fingerprint density at radius 3 is 2.86 bits per heavy atom. The second-order valence-electron chi connectivity index (χ2n) is 2.51. The van der Waals surface area contributed by atoms with E-state index in [-0.39, 0.29) is 12.2 Å². The van der Waals surface area contributed by atoms with Crippen LogP contribution in [0.1, 0.15) is 10.4 Å². The zero-order valence-electron chi connectivity index (χ0n) is 7.20. The number of carboxylic acids is 1. The largest absolute Gasteiger partial charge is 0.478 e. The Balaban J connectivity index is 2.84. The number of nitrogens with one attached hydrogen (secondary N) is 1. The number of carboxylic acid groups (broad SMARTS) is 1. The number of hydrogen-bond acceptors (Lipinski definition) is 4. The van der Waals surface area contributed by atoms with E-state index in [0.717, 1.165) is 0 Å². The van der Waals surface area contributed by atoms with Crippen LogP contribution < -0.4 is 5.32 Å². The zero-order valence-corrected chi connectivity index (χ0v) is 8.78.